The molecule has 2 rings (SSSR count). The highest BCUT2D eigenvalue weighted by Crippen LogP contribution is 2.30. The molecule has 96 valence electrons. The molecule has 1 aromatic rings. The average molecular weight is 265 g/mol. The second-order valence-electron chi connectivity index (χ2n) is 4.08. The summed E-state index contributed by atoms with van der Waals surface area (Å²) in [5.41, 5.74) is 1.25. The standard InChI is InChI=1S/C13H15NO3S/c1-2-6-14-12(15)8-17-13(16)11-7-9-4-3-5-10(9)18-11/h2,7H,1,3-6,8H2,(H,14,15). The minimum absolute atomic E-state index is 0.241. The summed E-state index contributed by atoms with van der Waals surface area (Å²) in [6.07, 6.45) is 4.83. The van der Waals surface area contributed by atoms with Gasteiger partial charge in [-0.2, -0.15) is 0 Å². The molecule has 0 bridgehead atoms. The third kappa shape index (κ3) is 2.98. The molecule has 18 heavy (non-hydrogen) atoms. The summed E-state index contributed by atoms with van der Waals surface area (Å²) in [5.74, 6) is -0.726. The molecular weight excluding hydrogens is 250 g/mol. The molecule has 1 heterocycles. The van der Waals surface area contributed by atoms with E-state index in [1.54, 1.807) is 6.08 Å². The smallest absolute Gasteiger partial charge is 0.348 e. The van der Waals surface area contributed by atoms with Crippen molar-refractivity contribution in [2.24, 2.45) is 0 Å². The molecule has 1 aromatic heterocycles. The first kappa shape index (κ1) is 12.8. The molecule has 0 unspecified atom stereocenters. The van der Waals surface area contributed by atoms with Gasteiger partial charge in [0.2, 0.25) is 0 Å². The van der Waals surface area contributed by atoms with Crippen LogP contribution in [0.15, 0.2) is 18.7 Å². The quantitative estimate of drug-likeness (QED) is 0.651. The fourth-order valence-electron chi connectivity index (χ4n) is 1.87. The van der Waals surface area contributed by atoms with Crippen LogP contribution < -0.4 is 5.32 Å². The summed E-state index contributed by atoms with van der Waals surface area (Å²) in [6.45, 7) is 3.62. The fraction of sp³-hybridized carbons (Fsp3) is 0.385. The number of thiophene rings is 1. The summed E-state index contributed by atoms with van der Waals surface area (Å²) >= 11 is 1.48. The van der Waals surface area contributed by atoms with Gasteiger partial charge < -0.3 is 10.1 Å². The number of fused-ring (bicyclic) bond motifs is 1. The predicted molar refractivity (Wildman–Crippen MR) is 69.8 cm³/mol. The number of ether oxygens (including phenoxy) is 1. The Bertz CT molecular complexity index is 457. The first-order valence-electron chi connectivity index (χ1n) is 5.87. The van der Waals surface area contributed by atoms with Crippen LogP contribution in [0.3, 0.4) is 0 Å². The minimum Gasteiger partial charge on any atom is -0.451 e. The van der Waals surface area contributed by atoms with Gasteiger partial charge in [-0.1, -0.05) is 6.08 Å². The number of rotatable bonds is 5. The van der Waals surface area contributed by atoms with Crippen LogP contribution in [-0.2, 0) is 22.4 Å². The third-order valence-corrected chi connectivity index (χ3v) is 3.94. The van der Waals surface area contributed by atoms with Gasteiger partial charge in [-0.25, -0.2) is 4.79 Å². The number of hydrogen-bond donors (Lipinski definition) is 1. The van der Waals surface area contributed by atoms with Crippen molar-refractivity contribution in [1.29, 1.82) is 0 Å². The average Bonchev–Trinajstić information content (AvgIpc) is 2.93. The second-order valence-corrected chi connectivity index (χ2v) is 5.22. The van der Waals surface area contributed by atoms with Crippen LogP contribution in [0.25, 0.3) is 0 Å². The number of hydrogen-bond acceptors (Lipinski definition) is 4. The van der Waals surface area contributed by atoms with E-state index in [-0.39, 0.29) is 12.5 Å². The van der Waals surface area contributed by atoms with Crippen molar-refractivity contribution in [2.45, 2.75) is 19.3 Å². The van der Waals surface area contributed by atoms with Gasteiger partial charge in [0.1, 0.15) is 4.88 Å². The van der Waals surface area contributed by atoms with Crippen molar-refractivity contribution in [3.63, 3.8) is 0 Å². The Kier molecular flexibility index (Phi) is 4.15. The lowest BCUT2D eigenvalue weighted by atomic mass is 10.2. The summed E-state index contributed by atoms with van der Waals surface area (Å²) < 4.78 is 4.95. The number of carbonyl (C=O) groups excluding carboxylic acids is 2. The number of amides is 1. The second kappa shape index (κ2) is 5.82. The van der Waals surface area contributed by atoms with E-state index < -0.39 is 5.97 Å². The Morgan fingerprint density at radius 3 is 3.06 bits per heavy atom. The van der Waals surface area contributed by atoms with Crippen molar-refractivity contribution in [2.75, 3.05) is 13.2 Å². The molecule has 0 aliphatic heterocycles. The Hall–Kier alpha value is -1.62. The maximum Gasteiger partial charge on any atom is 0.348 e. The van der Waals surface area contributed by atoms with E-state index in [0.29, 0.717) is 11.4 Å². The topological polar surface area (TPSA) is 55.4 Å². The zero-order valence-corrected chi connectivity index (χ0v) is 10.8. The van der Waals surface area contributed by atoms with Crippen molar-refractivity contribution in [1.82, 2.24) is 5.32 Å². The molecule has 1 aliphatic carbocycles. The largest absolute Gasteiger partial charge is 0.451 e. The molecule has 0 saturated carbocycles. The Balaban J connectivity index is 1.84. The molecule has 4 nitrogen and oxygen atoms in total. The first-order valence-corrected chi connectivity index (χ1v) is 6.68. The molecular formula is C13H15NO3S. The van der Waals surface area contributed by atoms with Crippen LogP contribution in [0, 0.1) is 0 Å². The Morgan fingerprint density at radius 1 is 1.50 bits per heavy atom. The van der Waals surface area contributed by atoms with Gasteiger partial charge in [0.25, 0.3) is 5.91 Å². The third-order valence-electron chi connectivity index (χ3n) is 2.73. The SMILES string of the molecule is C=CCNC(=O)COC(=O)c1cc2c(s1)CCC2. The normalized spacial score (nSPS) is 12.9. The summed E-state index contributed by atoms with van der Waals surface area (Å²) in [7, 11) is 0. The highest BCUT2D eigenvalue weighted by atomic mass is 32.1. The van der Waals surface area contributed by atoms with E-state index in [2.05, 4.69) is 11.9 Å². The van der Waals surface area contributed by atoms with Gasteiger partial charge in [-0.05, 0) is 30.9 Å². The van der Waals surface area contributed by atoms with Crippen LogP contribution in [0.1, 0.15) is 26.5 Å². The molecule has 0 fully saturated rings. The lowest BCUT2D eigenvalue weighted by Gasteiger charge is -2.03. The van der Waals surface area contributed by atoms with Gasteiger partial charge in [-0.15, -0.1) is 17.9 Å². The molecule has 0 radical (unpaired) electrons. The number of nitrogens with one attached hydrogen (secondary N) is 1. The lowest BCUT2D eigenvalue weighted by Crippen LogP contribution is -2.28. The van der Waals surface area contributed by atoms with Crippen molar-refractivity contribution in [3.05, 3.63) is 34.0 Å². The number of aryl methyl sites for hydroxylation is 2. The zero-order chi connectivity index (χ0) is 13.0. The van der Waals surface area contributed by atoms with Crippen molar-refractivity contribution in [3.8, 4) is 0 Å². The highest BCUT2D eigenvalue weighted by Gasteiger charge is 2.19. The predicted octanol–water partition coefficient (Wildman–Crippen LogP) is 1.70. The maximum absolute atomic E-state index is 11.7. The van der Waals surface area contributed by atoms with Crippen LogP contribution in [-0.4, -0.2) is 25.0 Å². The van der Waals surface area contributed by atoms with Gasteiger partial charge in [-0.3, -0.25) is 4.79 Å². The van der Waals surface area contributed by atoms with E-state index in [0.717, 1.165) is 12.8 Å². The summed E-state index contributed by atoms with van der Waals surface area (Å²) in [6, 6.07) is 1.89. The maximum atomic E-state index is 11.7. The molecule has 0 spiro atoms. The van der Waals surface area contributed by atoms with E-state index in [1.807, 2.05) is 6.07 Å². The fourth-order valence-corrected chi connectivity index (χ4v) is 3.02. The zero-order valence-electron chi connectivity index (χ0n) is 10.0. The van der Waals surface area contributed by atoms with E-state index in [9.17, 15) is 9.59 Å². The van der Waals surface area contributed by atoms with E-state index in [4.69, 9.17) is 4.74 Å². The Morgan fingerprint density at radius 2 is 2.33 bits per heavy atom. The molecule has 5 heteroatoms. The van der Waals surface area contributed by atoms with Crippen LogP contribution in [0.2, 0.25) is 0 Å². The van der Waals surface area contributed by atoms with Crippen LogP contribution >= 0.6 is 11.3 Å². The van der Waals surface area contributed by atoms with Crippen LogP contribution in [0.4, 0.5) is 0 Å². The Labute approximate surface area is 110 Å². The van der Waals surface area contributed by atoms with Crippen molar-refractivity contribution < 1.29 is 14.3 Å². The van der Waals surface area contributed by atoms with Crippen molar-refractivity contribution >= 4 is 23.2 Å². The van der Waals surface area contributed by atoms with Gasteiger partial charge >= 0.3 is 5.97 Å². The molecule has 1 aliphatic rings. The molecule has 0 saturated heterocycles. The molecule has 1 amide bonds. The lowest BCUT2D eigenvalue weighted by molar-refractivity contribution is -0.124. The minimum atomic E-state index is -0.414. The van der Waals surface area contributed by atoms with Crippen LogP contribution in [0.5, 0.6) is 0 Å². The molecule has 0 atom stereocenters. The summed E-state index contributed by atoms with van der Waals surface area (Å²) in [4.78, 5) is 24.8. The van der Waals surface area contributed by atoms with Gasteiger partial charge in [0.05, 0.1) is 0 Å². The molecule has 1 N–H and O–H groups in total. The number of esters is 1. The van der Waals surface area contributed by atoms with Gasteiger partial charge in [0, 0.05) is 11.4 Å². The first-order chi connectivity index (χ1) is 8.70. The van der Waals surface area contributed by atoms with Gasteiger partial charge in [0.15, 0.2) is 6.61 Å². The summed E-state index contributed by atoms with van der Waals surface area (Å²) in [5, 5.41) is 2.55. The monoisotopic (exact) mass is 265 g/mol. The molecule has 0 aromatic carbocycles. The van der Waals surface area contributed by atoms with E-state index in [1.165, 1.54) is 28.2 Å². The highest BCUT2D eigenvalue weighted by molar-refractivity contribution is 7.14. The number of carbonyl (C=O) groups is 2. The van der Waals surface area contributed by atoms with E-state index >= 15 is 0 Å².